The second kappa shape index (κ2) is 7.23. The quantitative estimate of drug-likeness (QED) is 0.483. The summed E-state index contributed by atoms with van der Waals surface area (Å²) in [6, 6.07) is 0. The van der Waals surface area contributed by atoms with E-state index in [1.54, 1.807) is 6.92 Å². The molecule has 5 nitrogen and oxygen atoms in total. The number of halogens is 2. The van der Waals surface area contributed by atoms with Crippen molar-refractivity contribution < 1.29 is 31.3 Å². The standard InChI is InChI=1S/C16H30F2O5S/c1-8-13(3,4)10-15(7,14(5,6)9-2)12(19)23-11-16(17,18)24(20,21)22/h8-11H2,1-7H3,(H,20,21,22). The summed E-state index contributed by atoms with van der Waals surface area (Å²) in [5.74, 6) is -0.890. The number of carbonyl (C=O) groups excluding carboxylic acids is 1. The van der Waals surface area contributed by atoms with Gasteiger partial charge in [0.05, 0.1) is 5.41 Å². The summed E-state index contributed by atoms with van der Waals surface area (Å²) < 4.78 is 61.2. The van der Waals surface area contributed by atoms with Gasteiger partial charge in [-0.3, -0.25) is 9.35 Å². The van der Waals surface area contributed by atoms with E-state index in [0.29, 0.717) is 12.8 Å². The second-order valence-corrected chi connectivity index (χ2v) is 9.50. The minimum atomic E-state index is -5.63. The van der Waals surface area contributed by atoms with Crippen molar-refractivity contribution in [3.8, 4) is 0 Å². The molecule has 1 atom stereocenters. The van der Waals surface area contributed by atoms with Crippen molar-refractivity contribution in [3.63, 3.8) is 0 Å². The number of hydrogen-bond donors (Lipinski definition) is 1. The Morgan fingerprint density at radius 1 is 1.04 bits per heavy atom. The van der Waals surface area contributed by atoms with Crippen LogP contribution in [0.25, 0.3) is 0 Å². The molecule has 0 radical (unpaired) electrons. The summed E-state index contributed by atoms with van der Waals surface area (Å²) in [5.41, 5.74) is -1.87. The summed E-state index contributed by atoms with van der Waals surface area (Å²) in [6.45, 7) is 11.4. The summed E-state index contributed by atoms with van der Waals surface area (Å²) in [4.78, 5) is 12.6. The van der Waals surface area contributed by atoms with Crippen LogP contribution in [0.4, 0.5) is 8.78 Å². The molecule has 0 aliphatic rings. The van der Waals surface area contributed by atoms with Gasteiger partial charge in [-0.15, -0.1) is 0 Å². The van der Waals surface area contributed by atoms with Crippen LogP contribution < -0.4 is 0 Å². The molecular weight excluding hydrogens is 342 g/mol. The van der Waals surface area contributed by atoms with Gasteiger partial charge in [-0.2, -0.15) is 17.2 Å². The molecule has 0 aromatic carbocycles. The number of ether oxygens (including phenoxy) is 1. The fourth-order valence-electron chi connectivity index (χ4n) is 2.44. The van der Waals surface area contributed by atoms with Crippen LogP contribution in [0.1, 0.15) is 67.7 Å². The molecule has 0 amide bonds. The summed E-state index contributed by atoms with van der Waals surface area (Å²) in [7, 11) is -5.63. The topological polar surface area (TPSA) is 80.7 Å². The van der Waals surface area contributed by atoms with Gasteiger partial charge in [-0.25, -0.2) is 0 Å². The summed E-state index contributed by atoms with van der Waals surface area (Å²) in [6.07, 6.45) is 1.78. The Morgan fingerprint density at radius 3 is 1.83 bits per heavy atom. The third kappa shape index (κ3) is 5.12. The molecule has 8 heteroatoms. The summed E-state index contributed by atoms with van der Waals surface area (Å²) in [5, 5.41) is -4.53. The second-order valence-electron chi connectivity index (χ2n) is 7.95. The average molecular weight is 372 g/mol. The Kier molecular flexibility index (Phi) is 7.01. The van der Waals surface area contributed by atoms with Crippen molar-refractivity contribution in [1.82, 2.24) is 0 Å². The van der Waals surface area contributed by atoms with Gasteiger partial charge in [0, 0.05) is 0 Å². The molecule has 0 saturated carbocycles. The molecular formula is C16H30F2O5S. The lowest BCUT2D eigenvalue weighted by atomic mass is 9.58. The Bertz CT molecular complexity index is 555. The van der Waals surface area contributed by atoms with E-state index >= 15 is 0 Å². The van der Waals surface area contributed by atoms with E-state index in [1.807, 2.05) is 41.5 Å². The van der Waals surface area contributed by atoms with Crippen LogP contribution in [0, 0.1) is 16.2 Å². The zero-order valence-electron chi connectivity index (χ0n) is 15.6. The highest BCUT2D eigenvalue weighted by molar-refractivity contribution is 7.86. The van der Waals surface area contributed by atoms with Gasteiger partial charge in [0.1, 0.15) is 0 Å². The molecule has 24 heavy (non-hydrogen) atoms. The van der Waals surface area contributed by atoms with Gasteiger partial charge in [-0.05, 0) is 30.6 Å². The molecule has 0 aromatic heterocycles. The van der Waals surface area contributed by atoms with Crippen LogP contribution in [0.2, 0.25) is 0 Å². The van der Waals surface area contributed by atoms with Crippen LogP contribution in [0.5, 0.6) is 0 Å². The van der Waals surface area contributed by atoms with Crippen molar-refractivity contribution in [1.29, 1.82) is 0 Å². The maximum absolute atomic E-state index is 13.3. The monoisotopic (exact) mass is 372 g/mol. The first-order valence-electron chi connectivity index (χ1n) is 7.98. The van der Waals surface area contributed by atoms with Crippen LogP contribution in [-0.4, -0.2) is 30.8 Å². The van der Waals surface area contributed by atoms with E-state index in [4.69, 9.17) is 4.55 Å². The molecule has 1 unspecified atom stereocenters. The lowest BCUT2D eigenvalue weighted by Gasteiger charge is -2.45. The van der Waals surface area contributed by atoms with Crippen molar-refractivity contribution in [2.24, 2.45) is 16.2 Å². The normalized spacial score (nSPS) is 16.6. The Morgan fingerprint density at radius 2 is 1.50 bits per heavy atom. The van der Waals surface area contributed by atoms with Gasteiger partial charge >= 0.3 is 21.3 Å². The number of carbonyl (C=O) groups is 1. The van der Waals surface area contributed by atoms with E-state index in [1.165, 1.54) is 0 Å². The van der Waals surface area contributed by atoms with E-state index in [-0.39, 0.29) is 5.41 Å². The number of rotatable bonds is 9. The molecule has 0 saturated heterocycles. The fourth-order valence-corrected chi connectivity index (χ4v) is 2.65. The van der Waals surface area contributed by atoms with E-state index in [2.05, 4.69) is 4.74 Å². The van der Waals surface area contributed by atoms with Crippen molar-refractivity contribution in [3.05, 3.63) is 0 Å². The third-order valence-corrected chi connectivity index (χ3v) is 6.24. The van der Waals surface area contributed by atoms with Gasteiger partial charge in [0.25, 0.3) is 0 Å². The molecule has 0 heterocycles. The van der Waals surface area contributed by atoms with Crippen LogP contribution >= 0.6 is 0 Å². The van der Waals surface area contributed by atoms with Crippen LogP contribution in [-0.2, 0) is 19.6 Å². The largest absolute Gasteiger partial charge is 0.458 e. The predicted molar refractivity (Wildman–Crippen MR) is 88.3 cm³/mol. The van der Waals surface area contributed by atoms with Crippen molar-refractivity contribution in [2.45, 2.75) is 73.0 Å². The van der Waals surface area contributed by atoms with Gasteiger partial charge < -0.3 is 4.74 Å². The molecule has 0 bridgehead atoms. The smallest absolute Gasteiger partial charge is 0.402 e. The fraction of sp³-hybridized carbons (Fsp3) is 0.938. The first-order chi connectivity index (χ1) is 10.5. The minimum absolute atomic E-state index is 0.230. The molecule has 0 rings (SSSR count). The van der Waals surface area contributed by atoms with Gasteiger partial charge in [0.15, 0.2) is 6.61 Å². The number of esters is 1. The summed E-state index contributed by atoms with van der Waals surface area (Å²) >= 11 is 0. The Labute approximate surface area is 143 Å². The highest BCUT2D eigenvalue weighted by atomic mass is 32.2. The number of alkyl halides is 2. The lowest BCUT2D eigenvalue weighted by molar-refractivity contribution is -0.172. The lowest BCUT2D eigenvalue weighted by Crippen LogP contribution is -2.47. The average Bonchev–Trinajstić information content (AvgIpc) is 2.42. The van der Waals surface area contributed by atoms with Crippen LogP contribution in [0.15, 0.2) is 0 Å². The highest BCUT2D eigenvalue weighted by Crippen LogP contribution is 2.50. The Hall–Kier alpha value is -0.760. The number of hydrogen-bond acceptors (Lipinski definition) is 4. The van der Waals surface area contributed by atoms with E-state index in [0.717, 1.165) is 6.42 Å². The van der Waals surface area contributed by atoms with Crippen molar-refractivity contribution in [2.75, 3.05) is 6.61 Å². The first-order valence-corrected chi connectivity index (χ1v) is 9.42. The zero-order chi connectivity index (χ0) is 19.6. The highest BCUT2D eigenvalue weighted by Gasteiger charge is 2.52. The van der Waals surface area contributed by atoms with E-state index in [9.17, 15) is 22.0 Å². The maximum Gasteiger partial charge on any atom is 0.402 e. The molecule has 1 N–H and O–H groups in total. The van der Waals surface area contributed by atoms with Gasteiger partial charge in [-0.1, -0.05) is 48.0 Å². The predicted octanol–water partition coefficient (Wildman–Crippen LogP) is 4.28. The first kappa shape index (κ1) is 23.2. The minimum Gasteiger partial charge on any atom is -0.458 e. The zero-order valence-corrected chi connectivity index (χ0v) is 16.4. The SMILES string of the molecule is CCC(C)(C)CC(C)(C(=O)OCC(F)(F)S(=O)(=O)O)C(C)(C)CC. The molecule has 0 aliphatic heterocycles. The maximum atomic E-state index is 13.3. The molecule has 0 aliphatic carbocycles. The van der Waals surface area contributed by atoms with Crippen LogP contribution in [0.3, 0.4) is 0 Å². The molecule has 0 spiro atoms. The molecule has 144 valence electrons. The molecule has 0 fully saturated rings. The third-order valence-electron chi connectivity index (χ3n) is 5.37. The van der Waals surface area contributed by atoms with Gasteiger partial charge in [0.2, 0.25) is 0 Å². The Balaban J connectivity index is 5.58. The van der Waals surface area contributed by atoms with Crippen molar-refractivity contribution >= 4 is 16.1 Å². The van der Waals surface area contributed by atoms with E-state index < -0.39 is 38.8 Å². The molecule has 0 aromatic rings.